The number of fused-ring (bicyclic) bond motifs is 3. The van der Waals surface area contributed by atoms with Gasteiger partial charge in [-0.15, -0.1) is 11.8 Å². The molecule has 2 aromatic rings. The number of methoxy groups -OCH3 is 1. The zero-order valence-corrected chi connectivity index (χ0v) is 13.2. The van der Waals surface area contributed by atoms with Gasteiger partial charge in [-0.25, -0.2) is 4.79 Å². The van der Waals surface area contributed by atoms with E-state index in [0.717, 1.165) is 35.6 Å². The number of amides is 1. The maximum absolute atomic E-state index is 12.0. The number of thioether (sulfide) groups is 1. The molecule has 1 fully saturated rings. The Balaban J connectivity index is 1.78. The van der Waals surface area contributed by atoms with Crippen LogP contribution in [-0.4, -0.2) is 53.0 Å². The van der Waals surface area contributed by atoms with Crippen LogP contribution < -0.4 is 0 Å². The summed E-state index contributed by atoms with van der Waals surface area (Å²) in [5, 5.41) is 1.26. The summed E-state index contributed by atoms with van der Waals surface area (Å²) in [5.74, 6) is 1.52. The summed E-state index contributed by atoms with van der Waals surface area (Å²) < 4.78 is 4.91. The molecule has 0 unspecified atom stereocenters. The molecule has 1 saturated heterocycles. The first kappa shape index (κ1) is 13.7. The van der Waals surface area contributed by atoms with Crippen molar-refractivity contribution in [3.05, 3.63) is 35.5 Å². The van der Waals surface area contributed by atoms with Gasteiger partial charge in [-0.05, 0) is 18.1 Å². The zero-order valence-electron chi connectivity index (χ0n) is 12.3. The van der Waals surface area contributed by atoms with E-state index < -0.39 is 0 Å². The third-order valence-corrected chi connectivity index (χ3v) is 5.33. The molecule has 22 heavy (non-hydrogen) atoms. The number of nitrogens with zero attached hydrogens (tertiary/aromatic N) is 2. The molecule has 0 aliphatic carbocycles. The van der Waals surface area contributed by atoms with Gasteiger partial charge in [-0.3, -0.25) is 9.89 Å². The largest absolute Gasteiger partial charge is 0.453 e. The number of nitrogens with one attached hydrogen (secondary N) is 1. The molecule has 0 saturated carbocycles. The number of hydrogen-bond acceptors (Lipinski definition) is 4. The predicted octanol–water partition coefficient (Wildman–Crippen LogP) is 2.65. The lowest BCUT2D eigenvalue weighted by atomic mass is 9.98. The molecule has 114 valence electrons. The van der Waals surface area contributed by atoms with Gasteiger partial charge in [0, 0.05) is 23.2 Å². The third-order valence-electron chi connectivity index (χ3n) is 4.32. The molecular weight excluding hydrogens is 298 g/mol. The van der Waals surface area contributed by atoms with Crippen LogP contribution in [0.3, 0.4) is 0 Å². The smallest absolute Gasteiger partial charge is 0.410 e. The standard InChI is InChI=1S/C16H17N3O2S/c1-21-16(20)19-9-22-8-13(19)15-14-11(6-7-17-15)10-4-2-3-5-12(10)18-14/h2-5,13,18H,6-9H2,1H3/t13-/m0/s1. The minimum Gasteiger partial charge on any atom is -0.453 e. The van der Waals surface area contributed by atoms with E-state index in [4.69, 9.17) is 9.73 Å². The molecular formula is C16H17N3O2S. The number of aliphatic imine (C=N–C) groups is 1. The summed E-state index contributed by atoms with van der Waals surface area (Å²) >= 11 is 1.74. The predicted molar refractivity (Wildman–Crippen MR) is 88.8 cm³/mol. The minimum atomic E-state index is -0.277. The minimum absolute atomic E-state index is 0.00966. The van der Waals surface area contributed by atoms with E-state index in [9.17, 15) is 4.79 Å². The summed E-state index contributed by atoms with van der Waals surface area (Å²) in [5.41, 5.74) is 4.54. The van der Waals surface area contributed by atoms with Gasteiger partial charge in [-0.1, -0.05) is 18.2 Å². The van der Waals surface area contributed by atoms with Crippen molar-refractivity contribution in [3.63, 3.8) is 0 Å². The lowest BCUT2D eigenvalue weighted by Crippen LogP contribution is -2.43. The number of rotatable bonds is 1. The van der Waals surface area contributed by atoms with Crippen LogP contribution in [0.4, 0.5) is 4.79 Å². The summed E-state index contributed by atoms with van der Waals surface area (Å²) in [7, 11) is 1.43. The third kappa shape index (κ3) is 2.01. The van der Waals surface area contributed by atoms with Crippen molar-refractivity contribution in [2.45, 2.75) is 12.5 Å². The molecule has 2 aliphatic heterocycles. The molecule has 3 heterocycles. The number of aromatic nitrogens is 1. The van der Waals surface area contributed by atoms with E-state index in [2.05, 4.69) is 23.2 Å². The SMILES string of the molecule is COC(=O)N1CSC[C@H]1C1=NCCc2c1[nH]c1ccccc21. The fraction of sp³-hybridized carbons (Fsp3) is 0.375. The van der Waals surface area contributed by atoms with Crippen LogP contribution in [0.25, 0.3) is 10.9 Å². The molecule has 2 aliphatic rings. The van der Waals surface area contributed by atoms with Gasteiger partial charge >= 0.3 is 6.09 Å². The van der Waals surface area contributed by atoms with Crippen molar-refractivity contribution in [1.82, 2.24) is 9.88 Å². The van der Waals surface area contributed by atoms with E-state index >= 15 is 0 Å². The number of aromatic amines is 1. The first-order valence-electron chi connectivity index (χ1n) is 7.36. The Bertz CT molecular complexity index is 768. The summed E-state index contributed by atoms with van der Waals surface area (Å²) in [6, 6.07) is 8.33. The summed E-state index contributed by atoms with van der Waals surface area (Å²) in [4.78, 5) is 22.0. The monoisotopic (exact) mass is 315 g/mol. The maximum Gasteiger partial charge on any atom is 0.410 e. The number of ether oxygens (including phenoxy) is 1. The Morgan fingerprint density at radius 2 is 2.32 bits per heavy atom. The lowest BCUT2D eigenvalue weighted by Gasteiger charge is -2.25. The molecule has 1 aromatic heterocycles. The van der Waals surface area contributed by atoms with E-state index in [1.807, 2.05) is 6.07 Å². The van der Waals surface area contributed by atoms with Crippen LogP contribution >= 0.6 is 11.8 Å². The molecule has 1 aromatic carbocycles. The van der Waals surface area contributed by atoms with E-state index in [-0.39, 0.29) is 12.1 Å². The fourth-order valence-electron chi connectivity index (χ4n) is 3.28. The number of para-hydroxylation sites is 1. The van der Waals surface area contributed by atoms with Crippen LogP contribution in [0.2, 0.25) is 0 Å². The highest BCUT2D eigenvalue weighted by Crippen LogP contribution is 2.31. The van der Waals surface area contributed by atoms with Gasteiger partial charge < -0.3 is 9.72 Å². The molecule has 1 atom stereocenters. The van der Waals surface area contributed by atoms with Crippen LogP contribution in [-0.2, 0) is 11.2 Å². The van der Waals surface area contributed by atoms with Gasteiger partial charge in [-0.2, -0.15) is 0 Å². The van der Waals surface area contributed by atoms with Gasteiger partial charge in [0.25, 0.3) is 0 Å². The Morgan fingerprint density at radius 3 is 3.18 bits per heavy atom. The normalized spacial score (nSPS) is 20.9. The number of carbonyl (C=O) groups excluding carboxylic acids is 1. The fourth-order valence-corrected chi connectivity index (χ4v) is 4.43. The Morgan fingerprint density at radius 1 is 1.45 bits per heavy atom. The second-order valence-corrected chi connectivity index (χ2v) is 6.50. The Hall–Kier alpha value is -1.95. The average molecular weight is 315 g/mol. The van der Waals surface area contributed by atoms with Crippen molar-refractivity contribution >= 4 is 34.5 Å². The molecule has 4 rings (SSSR count). The lowest BCUT2D eigenvalue weighted by molar-refractivity contribution is 0.130. The van der Waals surface area contributed by atoms with Crippen molar-refractivity contribution in [2.75, 3.05) is 25.3 Å². The molecule has 1 N–H and O–H groups in total. The number of H-pyrrole nitrogens is 1. The quantitative estimate of drug-likeness (QED) is 0.880. The molecule has 1 amide bonds. The van der Waals surface area contributed by atoms with Crippen molar-refractivity contribution in [2.24, 2.45) is 4.99 Å². The van der Waals surface area contributed by atoms with Gasteiger partial charge in [0.2, 0.25) is 0 Å². The van der Waals surface area contributed by atoms with Crippen LogP contribution in [0, 0.1) is 0 Å². The van der Waals surface area contributed by atoms with Crippen molar-refractivity contribution in [3.8, 4) is 0 Å². The maximum atomic E-state index is 12.0. The number of carbonyl (C=O) groups is 1. The van der Waals surface area contributed by atoms with Crippen molar-refractivity contribution in [1.29, 1.82) is 0 Å². The topological polar surface area (TPSA) is 57.7 Å². The molecule has 0 radical (unpaired) electrons. The summed E-state index contributed by atoms with van der Waals surface area (Å²) in [6.07, 6.45) is 0.668. The highest BCUT2D eigenvalue weighted by atomic mass is 32.2. The molecule has 6 heteroatoms. The van der Waals surface area contributed by atoms with Gasteiger partial charge in [0.1, 0.15) is 0 Å². The Labute approximate surface area is 132 Å². The van der Waals surface area contributed by atoms with Crippen LogP contribution in [0.15, 0.2) is 29.3 Å². The molecule has 0 bridgehead atoms. The first-order valence-corrected chi connectivity index (χ1v) is 8.51. The highest BCUT2D eigenvalue weighted by molar-refractivity contribution is 7.99. The first-order chi connectivity index (χ1) is 10.8. The van der Waals surface area contributed by atoms with E-state index in [1.54, 1.807) is 16.7 Å². The highest BCUT2D eigenvalue weighted by Gasteiger charge is 2.36. The second-order valence-electron chi connectivity index (χ2n) is 5.50. The molecule has 0 spiro atoms. The zero-order chi connectivity index (χ0) is 15.1. The number of hydrogen-bond donors (Lipinski definition) is 1. The van der Waals surface area contributed by atoms with E-state index in [0.29, 0.717) is 5.88 Å². The van der Waals surface area contributed by atoms with Crippen molar-refractivity contribution < 1.29 is 9.53 Å². The number of benzene rings is 1. The van der Waals surface area contributed by atoms with Gasteiger partial charge in [0.05, 0.1) is 30.4 Å². The average Bonchev–Trinajstić information content (AvgIpc) is 3.18. The Kier molecular flexibility index (Phi) is 3.33. The van der Waals surface area contributed by atoms with Crippen LogP contribution in [0.1, 0.15) is 11.3 Å². The van der Waals surface area contributed by atoms with Gasteiger partial charge in [0.15, 0.2) is 0 Å². The van der Waals surface area contributed by atoms with E-state index in [1.165, 1.54) is 18.1 Å². The molecule has 5 nitrogen and oxygen atoms in total. The second kappa shape index (κ2) is 5.35. The summed E-state index contributed by atoms with van der Waals surface area (Å²) in [6.45, 7) is 0.778. The van der Waals surface area contributed by atoms with Crippen LogP contribution in [0.5, 0.6) is 0 Å².